The monoisotopic (exact) mass is 170 g/mol. The van der Waals surface area contributed by atoms with Gasteiger partial charge in [0, 0.05) is 0 Å². The third-order valence-corrected chi connectivity index (χ3v) is 1.59. The first-order valence-corrected chi connectivity index (χ1v) is 3.57. The number of rotatable bonds is 2. The van der Waals surface area contributed by atoms with Crippen LogP contribution < -0.4 is 9.47 Å². The lowest BCUT2D eigenvalue weighted by atomic mass is 10.2. The molecule has 0 aliphatic heterocycles. The van der Waals surface area contributed by atoms with Crippen molar-refractivity contribution in [3.8, 4) is 11.5 Å². The Morgan fingerprint density at radius 2 is 1.50 bits per heavy atom. The summed E-state index contributed by atoms with van der Waals surface area (Å²) in [6, 6.07) is 3.25. The molecule has 0 aliphatic carbocycles. The Morgan fingerprint density at radius 1 is 1.08 bits per heavy atom. The van der Waals surface area contributed by atoms with E-state index in [2.05, 4.69) is 0 Å². The van der Waals surface area contributed by atoms with E-state index in [0.29, 0.717) is 0 Å². The zero-order chi connectivity index (χ0) is 9.14. The van der Waals surface area contributed by atoms with Gasteiger partial charge in [0.1, 0.15) is 0 Å². The van der Waals surface area contributed by atoms with Crippen LogP contribution in [-0.2, 0) is 0 Å². The summed E-state index contributed by atoms with van der Waals surface area (Å²) in [5.41, 5.74) is 0.908. The van der Waals surface area contributed by atoms with Gasteiger partial charge in [-0.25, -0.2) is 0 Å². The van der Waals surface area contributed by atoms with Crippen LogP contribution in [0.2, 0.25) is 0 Å². The minimum absolute atomic E-state index is 0.215. The normalized spacial score (nSPS) is 9.67. The van der Waals surface area contributed by atoms with Crippen LogP contribution in [0.4, 0.5) is 4.39 Å². The van der Waals surface area contributed by atoms with Crippen LogP contribution in [0.25, 0.3) is 0 Å². The van der Waals surface area contributed by atoms with E-state index in [-0.39, 0.29) is 11.5 Å². The molecule has 0 spiro atoms. The summed E-state index contributed by atoms with van der Waals surface area (Å²) < 4.78 is 22.8. The van der Waals surface area contributed by atoms with Gasteiger partial charge in [0.05, 0.1) is 14.2 Å². The highest BCUT2D eigenvalue weighted by Crippen LogP contribution is 2.27. The summed E-state index contributed by atoms with van der Waals surface area (Å²) in [6.07, 6.45) is 0. The van der Waals surface area contributed by atoms with Crippen molar-refractivity contribution in [3.05, 3.63) is 23.5 Å². The predicted octanol–water partition coefficient (Wildman–Crippen LogP) is 2.15. The average Bonchev–Trinajstić information content (AvgIpc) is 2.08. The van der Waals surface area contributed by atoms with Gasteiger partial charge in [-0.2, -0.15) is 4.39 Å². The fourth-order valence-electron chi connectivity index (χ4n) is 1.00. The second-order valence-corrected chi connectivity index (χ2v) is 2.48. The molecule has 0 aromatic heterocycles. The quantitative estimate of drug-likeness (QED) is 0.677. The van der Waals surface area contributed by atoms with Gasteiger partial charge in [-0.15, -0.1) is 0 Å². The van der Waals surface area contributed by atoms with Crippen molar-refractivity contribution >= 4 is 0 Å². The first-order chi connectivity index (χ1) is 5.69. The lowest BCUT2D eigenvalue weighted by Gasteiger charge is -2.07. The van der Waals surface area contributed by atoms with Crippen molar-refractivity contribution in [2.24, 2.45) is 0 Å². The predicted molar refractivity (Wildman–Crippen MR) is 44.2 cm³/mol. The Morgan fingerprint density at radius 3 is 1.83 bits per heavy atom. The maximum Gasteiger partial charge on any atom is 0.206 e. The van der Waals surface area contributed by atoms with Crippen molar-refractivity contribution in [1.82, 2.24) is 0 Å². The molecule has 0 unspecified atom stereocenters. The molecule has 2 nitrogen and oxygen atoms in total. The smallest absolute Gasteiger partial charge is 0.206 e. The van der Waals surface area contributed by atoms with Crippen molar-refractivity contribution in [2.75, 3.05) is 14.2 Å². The number of halogens is 1. The van der Waals surface area contributed by atoms with Gasteiger partial charge < -0.3 is 9.47 Å². The first kappa shape index (κ1) is 8.84. The Balaban J connectivity index is 3.22. The third-order valence-electron chi connectivity index (χ3n) is 1.59. The van der Waals surface area contributed by atoms with E-state index < -0.39 is 5.82 Å². The summed E-state index contributed by atoms with van der Waals surface area (Å²) in [7, 11) is 2.86. The Labute approximate surface area is 70.9 Å². The zero-order valence-corrected chi connectivity index (χ0v) is 7.35. The fourth-order valence-corrected chi connectivity index (χ4v) is 1.00. The standard InChI is InChI=1S/C9H11FO2/c1-6-4-7(11-2)9(10)8(5-6)12-3/h4-5H,1-3H3. The SMILES string of the molecule is COc1cc(C)cc(OC)c1F. The largest absolute Gasteiger partial charge is 0.494 e. The molecule has 0 bridgehead atoms. The summed E-state index contributed by atoms with van der Waals surface area (Å²) in [4.78, 5) is 0. The molecule has 0 N–H and O–H groups in total. The van der Waals surface area contributed by atoms with Gasteiger partial charge in [0.15, 0.2) is 11.5 Å². The van der Waals surface area contributed by atoms with Crippen LogP contribution in [-0.4, -0.2) is 14.2 Å². The lowest BCUT2D eigenvalue weighted by Crippen LogP contribution is -1.94. The molecule has 3 heteroatoms. The van der Waals surface area contributed by atoms with Crippen LogP contribution in [0.3, 0.4) is 0 Å². The maximum absolute atomic E-state index is 13.2. The fraction of sp³-hybridized carbons (Fsp3) is 0.333. The molecular weight excluding hydrogens is 159 g/mol. The van der Waals surface area contributed by atoms with Gasteiger partial charge >= 0.3 is 0 Å². The number of hydrogen-bond acceptors (Lipinski definition) is 2. The molecule has 0 saturated heterocycles. The molecule has 12 heavy (non-hydrogen) atoms. The number of benzene rings is 1. The number of methoxy groups -OCH3 is 2. The van der Waals surface area contributed by atoms with E-state index >= 15 is 0 Å². The van der Waals surface area contributed by atoms with E-state index in [9.17, 15) is 4.39 Å². The van der Waals surface area contributed by atoms with Crippen LogP contribution in [0, 0.1) is 12.7 Å². The van der Waals surface area contributed by atoms with E-state index in [4.69, 9.17) is 9.47 Å². The number of hydrogen-bond donors (Lipinski definition) is 0. The van der Waals surface area contributed by atoms with Crippen LogP contribution >= 0.6 is 0 Å². The summed E-state index contributed by atoms with van der Waals surface area (Å²) in [6.45, 7) is 1.85. The molecule has 1 aromatic carbocycles. The molecule has 1 aromatic rings. The summed E-state index contributed by atoms with van der Waals surface area (Å²) >= 11 is 0. The molecule has 0 heterocycles. The number of ether oxygens (including phenoxy) is 2. The van der Waals surface area contributed by atoms with E-state index in [1.807, 2.05) is 6.92 Å². The van der Waals surface area contributed by atoms with Crippen LogP contribution in [0.15, 0.2) is 12.1 Å². The van der Waals surface area contributed by atoms with E-state index in [1.165, 1.54) is 14.2 Å². The van der Waals surface area contributed by atoms with Gasteiger partial charge in [-0.05, 0) is 24.6 Å². The van der Waals surface area contributed by atoms with Crippen LogP contribution in [0.1, 0.15) is 5.56 Å². The van der Waals surface area contributed by atoms with Gasteiger partial charge in [-0.3, -0.25) is 0 Å². The van der Waals surface area contributed by atoms with Crippen molar-refractivity contribution in [2.45, 2.75) is 6.92 Å². The Hall–Kier alpha value is -1.25. The Kier molecular flexibility index (Phi) is 2.53. The zero-order valence-electron chi connectivity index (χ0n) is 7.35. The highest BCUT2D eigenvalue weighted by Gasteiger charge is 2.09. The van der Waals surface area contributed by atoms with Crippen molar-refractivity contribution in [3.63, 3.8) is 0 Å². The highest BCUT2D eigenvalue weighted by atomic mass is 19.1. The van der Waals surface area contributed by atoms with Gasteiger partial charge in [-0.1, -0.05) is 0 Å². The van der Waals surface area contributed by atoms with E-state index in [0.717, 1.165) is 5.56 Å². The second kappa shape index (κ2) is 3.43. The number of aryl methyl sites for hydroxylation is 1. The summed E-state index contributed by atoms with van der Waals surface area (Å²) in [5.74, 6) is -0.0238. The molecule has 0 amide bonds. The van der Waals surface area contributed by atoms with Crippen molar-refractivity contribution in [1.29, 1.82) is 0 Å². The minimum atomic E-state index is -0.453. The van der Waals surface area contributed by atoms with Gasteiger partial charge in [0.25, 0.3) is 0 Å². The minimum Gasteiger partial charge on any atom is -0.494 e. The van der Waals surface area contributed by atoms with Crippen LogP contribution in [0.5, 0.6) is 11.5 Å². The van der Waals surface area contributed by atoms with Crippen molar-refractivity contribution < 1.29 is 13.9 Å². The topological polar surface area (TPSA) is 18.5 Å². The average molecular weight is 170 g/mol. The molecule has 1 rings (SSSR count). The lowest BCUT2D eigenvalue weighted by molar-refractivity contribution is 0.350. The molecule has 66 valence electrons. The molecule has 0 fully saturated rings. The van der Waals surface area contributed by atoms with E-state index in [1.54, 1.807) is 12.1 Å². The maximum atomic E-state index is 13.2. The van der Waals surface area contributed by atoms with Gasteiger partial charge in [0.2, 0.25) is 5.82 Å². The second-order valence-electron chi connectivity index (χ2n) is 2.48. The first-order valence-electron chi connectivity index (χ1n) is 3.57. The molecule has 0 radical (unpaired) electrons. The molecule has 0 aliphatic rings. The Bertz CT molecular complexity index is 259. The summed E-state index contributed by atoms with van der Waals surface area (Å²) in [5, 5.41) is 0. The highest BCUT2D eigenvalue weighted by molar-refractivity contribution is 5.39. The molecular formula is C9H11FO2. The molecule has 0 atom stereocenters. The third kappa shape index (κ3) is 1.49. The molecule has 0 saturated carbocycles.